The predicted octanol–water partition coefficient (Wildman–Crippen LogP) is 7.65. The number of benzene rings is 3. The number of halogens is 1. The van der Waals surface area contributed by atoms with Gasteiger partial charge in [-0.15, -0.1) is 0 Å². The topological polar surface area (TPSA) is 48.4 Å². The quantitative estimate of drug-likeness (QED) is 0.134. The molecular weight excluding hydrogens is 541 g/mol. The molecule has 1 atom stereocenters. The van der Waals surface area contributed by atoms with Gasteiger partial charge in [0.1, 0.15) is 5.82 Å². The summed E-state index contributed by atoms with van der Waals surface area (Å²) in [6, 6.07) is 27.4. The van der Waals surface area contributed by atoms with Crippen LogP contribution >= 0.6 is 0 Å². The largest absolute Gasteiger partial charge is 0.407 e. The van der Waals surface area contributed by atoms with E-state index in [4.69, 9.17) is 14.1 Å². The highest BCUT2D eigenvalue weighted by atomic mass is 28.4. The van der Waals surface area contributed by atoms with Gasteiger partial charge in [-0.05, 0) is 39.0 Å². The average molecular weight is 584 g/mol. The van der Waals surface area contributed by atoms with Crippen LogP contribution in [0.2, 0.25) is 5.04 Å². The number of hydrogen-bond acceptors (Lipinski definition) is 4. The second-order valence-corrected chi connectivity index (χ2v) is 16.5. The molecule has 0 aliphatic rings. The molecule has 0 aliphatic carbocycles. The molecule has 0 saturated heterocycles. The fourth-order valence-corrected chi connectivity index (χ4v) is 10.6. The van der Waals surface area contributed by atoms with Gasteiger partial charge in [-0.2, -0.15) is 0 Å². The van der Waals surface area contributed by atoms with Gasteiger partial charge in [0.25, 0.3) is 8.32 Å². The number of methoxy groups -OCH3 is 1. The van der Waals surface area contributed by atoms with Crippen molar-refractivity contribution in [2.75, 3.05) is 13.7 Å². The SMILES string of the molecule is COCc1c([C@H](C)CO[Si](c2ccccc2)(c2ccccc2)C(C)(C)C)nc(C(C)C)c(C=O)c1-c1ccc(F)cc1. The zero-order chi connectivity index (χ0) is 30.5. The van der Waals surface area contributed by atoms with Gasteiger partial charge in [0.2, 0.25) is 0 Å². The molecule has 0 amide bonds. The molecular formula is C36H42FNO3Si. The maximum Gasteiger partial charge on any atom is 0.261 e. The Kier molecular flexibility index (Phi) is 9.92. The zero-order valence-electron chi connectivity index (χ0n) is 25.8. The Hall–Kier alpha value is -3.45. The molecule has 1 aromatic heterocycles. The molecule has 220 valence electrons. The van der Waals surface area contributed by atoms with Crippen LogP contribution < -0.4 is 10.4 Å². The predicted molar refractivity (Wildman–Crippen MR) is 172 cm³/mol. The summed E-state index contributed by atoms with van der Waals surface area (Å²) in [6.07, 6.45) is 0.869. The standard InChI is InChI=1S/C36H42FNO3Si/c1-25(2)34-31(22-39)33(27-18-20-28(37)21-19-27)32(24-40-7)35(38-34)26(3)23-41-42(36(4,5)6,29-14-10-8-11-15-29)30-16-12-9-13-17-30/h8-22,25-26H,23-24H2,1-7H3/t26-/m1/s1. The van der Waals surface area contributed by atoms with E-state index in [0.29, 0.717) is 12.2 Å². The highest BCUT2D eigenvalue weighted by Gasteiger charge is 2.50. The van der Waals surface area contributed by atoms with E-state index in [0.717, 1.165) is 34.4 Å². The van der Waals surface area contributed by atoms with E-state index in [2.05, 4.69) is 76.2 Å². The minimum Gasteiger partial charge on any atom is -0.407 e. The van der Waals surface area contributed by atoms with Gasteiger partial charge in [-0.3, -0.25) is 9.78 Å². The van der Waals surface area contributed by atoms with Gasteiger partial charge in [0.05, 0.1) is 18.0 Å². The lowest BCUT2D eigenvalue weighted by Gasteiger charge is -2.43. The molecule has 0 N–H and O–H groups in total. The fourth-order valence-electron chi connectivity index (χ4n) is 5.97. The van der Waals surface area contributed by atoms with Crippen molar-refractivity contribution in [3.05, 3.63) is 113 Å². The maximum absolute atomic E-state index is 13.9. The molecule has 6 heteroatoms. The maximum atomic E-state index is 13.9. The van der Waals surface area contributed by atoms with E-state index in [1.54, 1.807) is 19.2 Å². The van der Waals surface area contributed by atoms with Crippen molar-refractivity contribution in [2.24, 2.45) is 0 Å². The summed E-state index contributed by atoms with van der Waals surface area (Å²) in [7, 11) is -1.14. The van der Waals surface area contributed by atoms with Gasteiger partial charge in [0.15, 0.2) is 6.29 Å². The van der Waals surface area contributed by atoms with Crippen LogP contribution in [-0.4, -0.2) is 33.3 Å². The first kappa shape index (κ1) is 31.5. The van der Waals surface area contributed by atoms with E-state index < -0.39 is 8.32 Å². The Morgan fingerprint density at radius 2 is 1.40 bits per heavy atom. The Morgan fingerprint density at radius 3 is 1.86 bits per heavy atom. The summed E-state index contributed by atoms with van der Waals surface area (Å²) in [5.74, 6) is -0.441. The molecule has 0 aliphatic heterocycles. The Balaban J connectivity index is 1.89. The third-order valence-electron chi connectivity index (χ3n) is 7.92. The third kappa shape index (κ3) is 6.17. The molecule has 4 nitrogen and oxygen atoms in total. The first-order valence-corrected chi connectivity index (χ1v) is 16.5. The summed E-state index contributed by atoms with van der Waals surface area (Å²) < 4.78 is 26.9. The van der Waals surface area contributed by atoms with Crippen molar-refractivity contribution in [3.8, 4) is 11.1 Å². The molecule has 1 heterocycles. The van der Waals surface area contributed by atoms with E-state index >= 15 is 0 Å². The van der Waals surface area contributed by atoms with Gasteiger partial charge >= 0.3 is 0 Å². The van der Waals surface area contributed by atoms with Crippen molar-refractivity contribution < 1.29 is 18.3 Å². The third-order valence-corrected chi connectivity index (χ3v) is 12.9. The van der Waals surface area contributed by atoms with Crippen LogP contribution in [0.3, 0.4) is 0 Å². The van der Waals surface area contributed by atoms with E-state index in [1.165, 1.54) is 22.5 Å². The molecule has 0 saturated carbocycles. The highest BCUT2D eigenvalue weighted by Crippen LogP contribution is 2.39. The molecule has 4 rings (SSSR count). The van der Waals surface area contributed by atoms with Crippen LogP contribution in [0, 0.1) is 5.82 Å². The lowest BCUT2D eigenvalue weighted by atomic mass is 9.87. The number of aromatic nitrogens is 1. The molecule has 0 fully saturated rings. The van der Waals surface area contributed by atoms with Crippen LogP contribution in [0.15, 0.2) is 84.9 Å². The molecule has 0 bridgehead atoms. The molecule has 0 radical (unpaired) electrons. The second kappa shape index (κ2) is 13.2. The first-order chi connectivity index (χ1) is 20.0. The van der Waals surface area contributed by atoms with Crippen molar-refractivity contribution in [1.29, 1.82) is 0 Å². The van der Waals surface area contributed by atoms with E-state index in [9.17, 15) is 9.18 Å². The Bertz CT molecular complexity index is 1440. The van der Waals surface area contributed by atoms with Crippen molar-refractivity contribution in [3.63, 3.8) is 0 Å². The normalized spacial score (nSPS) is 12.9. The number of ether oxygens (including phenoxy) is 1. The summed E-state index contributed by atoms with van der Waals surface area (Å²) in [5, 5.41) is 2.27. The Morgan fingerprint density at radius 1 is 0.857 bits per heavy atom. The summed E-state index contributed by atoms with van der Waals surface area (Å²) in [5.41, 5.74) is 4.41. The van der Waals surface area contributed by atoms with E-state index in [1.807, 2.05) is 26.0 Å². The number of rotatable bonds is 11. The zero-order valence-corrected chi connectivity index (χ0v) is 26.8. The van der Waals surface area contributed by atoms with Crippen molar-refractivity contribution >= 4 is 25.0 Å². The minimum absolute atomic E-state index is 0.00420. The number of nitrogens with zero attached hydrogens (tertiary/aromatic N) is 1. The number of aldehydes is 1. The lowest BCUT2D eigenvalue weighted by Crippen LogP contribution is -2.66. The number of carbonyl (C=O) groups excluding carboxylic acids is 1. The van der Waals surface area contributed by atoms with Crippen LogP contribution in [-0.2, 0) is 15.8 Å². The first-order valence-electron chi connectivity index (χ1n) is 14.6. The molecule has 3 aromatic carbocycles. The summed E-state index contributed by atoms with van der Waals surface area (Å²) in [6.45, 7) is 13.7. The van der Waals surface area contributed by atoms with Crippen LogP contribution in [0.5, 0.6) is 0 Å². The monoisotopic (exact) mass is 583 g/mol. The van der Waals surface area contributed by atoms with Crippen LogP contribution in [0.1, 0.15) is 80.7 Å². The summed E-state index contributed by atoms with van der Waals surface area (Å²) in [4.78, 5) is 17.7. The van der Waals surface area contributed by atoms with E-state index in [-0.39, 0.29) is 29.3 Å². The second-order valence-electron chi connectivity index (χ2n) is 12.2. The molecule has 4 aromatic rings. The Labute approximate surface area is 251 Å². The van der Waals surface area contributed by atoms with Crippen molar-refractivity contribution in [2.45, 2.75) is 65.0 Å². The van der Waals surface area contributed by atoms with Gasteiger partial charge in [0, 0.05) is 36.3 Å². The van der Waals surface area contributed by atoms with Crippen LogP contribution in [0.4, 0.5) is 4.39 Å². The lowest BCUT2D eigenvalue weighted by molar-refractivity contribution is 0.112. The molecule has 0 spiro atoms. The van der Waals surface area contributed by atoms with Gasteiger partial charge in [-0.25, -0.2) is 4.39 Å². The number of carbonyl (C=O) groups is 1. The number of pyridine rings is 1. The minimum atomic E-state index is -2.77. The van der Waals surface area contributed by atoms with Crippen LogP contribution in [0.25, 0.3) is 11.1 Å². The van der Waals surface area contributed by atoms with Gasteiger partial charge < -0.3 is 9.16 Å². The summed E-state index contributed by atoms with van der Waals surface area (Å²) >= 11 is 0. The molecule has 0 unspecified atom stereocenters. The van der Waals surface area contributed by atoms with Gasteiger partial charge in [-0.1, -0.05) is 114 Å². The number of hydrogen-bond donors (Lipinski definition) is 0. The smallest absolute Gasteiger partial charge is 0.261 e. The molecule has 42 heavy (non-hydrogen) atoms. The fraction of sp³-hybridized carbons (Fsp3) is 0.333. The van der Waals surface area contributed by atoms with Crippen molar-refractivity contribution in [1.82, 2.24) is 4.98 Å². The highest BCUT2D eigenvalue weighted by molar-refractivity contribution is 6.99. The average Bonchev–Trinajstić information content (AvgIpc) is 2.98.